The number of benzene rings is 3. The van der Waals surface area contributed by atoms with Gasteiger partial charge in [-0.2, -0.15) is 0 Å². The Hall–Kier alpha value is -2.60. The molecule has 0 saturated carbocycles. The number of hydrogen-bond acceptors (Lipinski definition) is 0. The second-order valence-electron chi connectivity index (χ2n) is 5.69. The fourth-order valence-electron chi connectivity index (χ4n) is 2.80. The summed E-state index contributed by atoms with van der Waals surface area (Å²) in [6, 6.07) is 25.5. The molecule has 0 spiro atoms. The van der Waals surface area contributed by atoms with Crippen LogP contribution >= 0.6 is 0 Å². The SMILES string of the molecule is C=C(c1ccc(C)cc1)c1cccc(-c2ccccc2)c1C. The van der Waals surface area contributed by atoms with Crippen LogP contribution in [0, 0.1) is 13.8 Å². The highest BCUT2D eigenvalue weighted by atomic mass is 14.1. The first-order chi connectivity index (χ1) is 10.7. The van der Waals surface area contributed by atoms with Crippen molar-refractivity contribution in [3.8, 4) is 11.1 Å². The van der Waals surface area contributed by atoms with E-state index in [9.17, 15) is 0 Å². The van der Waals surface area contributed by atoms with Crippen LogP contribution < -0.4 is 0 Å². The Labute approximate surface area is 132 Å². The molecule has 0 nitrogen and oxygen atoms in total. The zero-order chi connectivity index (χ0) is 15.5. The van der Waals surface area contributed by atoms with E-state index in [0.29, 0.717) is 0 Å². The standard InChI is InChI=1S/C22H20/c1-16-12-14-19(15-13-16)17(2)21-10-7-11-22(18(21)3)20-8-5-4-6-9-20/h4-15H,2H2,1,3H3. The highest BCUT2D eigenvalue weighted by Crippen LogP contribution is 2.31. The Balaban J connectivity index is 2.05. The zero-order valence-electron chi connectivity index (χ0n) is 13.1. The summed E-state index contributed by atoms with van der Waals surface area (Å²) in [6.07, 6.45) is 0. The Kier molecular flexibility index (Phi) is 3.93. The molecule has 22 heavy (non-hydrogen) atoms. The van der Waals surface area contributed by atoms with Crippen LogP contribution in [0.5, 0.6) is 0 Å². The van der Waals surface area contributed by atoms with Crippen molar-refractivity contribution in [1.82, 2.24) is 0 Å². The minimum absolute atomic E-state index is 1.08. The average Bonchev–Trinajstić information content (AvgIpc) is 2.56. The first kappa shape index (κ1) is 14.3. The van der Waals surface area contributed by atoms with E-state index < -0.39 is 0 Å². The molecule has 0 amide bonds. The van der Waals surface area contributed by atoms with Crippen molar-refractivity contribution in [2.24, 2.45) is 0 Å². The molecule has 0 heteroatoms. The summed E-state index contributed by atoms with van der Waals surface area (Å²) < 4.78 is 0. The van der Waals surface area contributed by atoms with Crippen LogP contribution in [-0.4, -0.2) is 0 Å². The van der Waals surface area contributed by atoms with E-state index >= 15 is 0 Å². The summed E-state index contributed by atoms with van der Waals surface area (Å²) in [7, 11) is 0. The van der Waals surface area contributed by atoms with Gasteiger partial charge in [0.1, 0.15) is 0 Å². The third kappa shape index (κ3) is 2.73. The third-order valence-corrected chi connectivity index (χ3v) is 4.14. The van der Waals surface area contributed by atoms with Gasteiger partial charge in [0.05, 0.1) is 0 Å². The van der Waals surface area contributed by atoms with Gasteiger partial charge in [0.15, 0.2) is 0 Å². The van der Waals surface area contributed by atoms with Crippen molar-refractivity contribution in [2.45, 2.75) is 13.8 Å². The summed E-state index contributed by atoms with van der Waals surface area (Å²) in [6.45, 7) is 8.60. The molecule has 0 fully saturated rings. The van der Waals surface area contributed by atoms with Gasteiger partial charge in [0.2, 0.25) is 0 Å². The van der Waals surface area contributed by atoms with Crippen LogP contribution in [0.25, 0.3) is 16.7 Å². The molecular weight excluding hydrogens is 264 g/mol. The fourth-order valence-corrected chi connectivity index (χ4v) is 2.80. The maximum atomic E-state index is 4.32. The normalized spacial score (nSPS) is 10.5. The van der Waals surface area contributed by atoms with Gasteiger partial charge in [-0.25, -0.2) is 0 Å². The summed E-state index contributed by atoms with van der Waals surface area (Å²) in [4.78, 5) is 0. The maximum Gasteiger partial charge on any atom is -0.0148 e. The smallest absolute Gasteiger partial charge is 0.0148 e. The Morgan fingerprint density at radius 3 is 2.09 bits per heavy atom. The van der Waals surface area contributed by atoms with E-state index in [1.807, 2.05) is 6.07 Å². The minimum atomic E-state index is 1.08. The summed E-state index contributed by atoms with van der Waals surface area (Å²) in [5, 5.41) is 0. The molecule has 3 aromatic carbocycles. The molecule has 0 unspecified atom stereocenters. The van der Waals surface area contributed by atoms with E-state index in [-0.39, 0.29) is 0 Å². The predicted octanol–water partition coefficient (Wildman–Crippen LogP) is 6.03. The van der Waals surface area contributed by atoms with Gasteiger partial charge < -0.3 is 0 Å². The molecule has 0 saturated heterocycles. The second kappa shape index (κ2) is 6.03. The predicted molar refractivity (Wildman–Crippen MR) is 95.9 cm³/mol. The van der Waals surface area contributed by atoms with Crippen LogP contribution in [0.2, 0.25) is 0 Å². The lowest BCUT2D eigenvalue weighted by molar-refractivity contribution is 1.40. The van der Waals surface area contributed by atoms with Crippen molar-refractivity contribution in [2.75, 3.05) is 0 Å². The van der Waals surface area contributed by atoms with Crippen LogP contribution in [0.1, 0.15) is 22.3 Å². The zero-order valence-corrected chi connectivity index (χ0v) is 13.1. The maximum absolute atomic E-state index is 4.32. The number of aryl methyl sites for hydroxylation is 1. The van der Waals surface area contributed by atoms with E-state index in [1.165, 1.54) is 33.4 Å². The molecule has 0 aliphatic rings. The Morgan fingerprint density at radius 2 is 1.41 bits per heavy atom. The van der Waals surface area contributed by atoms with Gasteiger partial charge in [0, 0.05) is 0 Å². The molecule has 108 valence electrons. The van der Waals surface area contributed by atoms with Crippen LogP contribution in [0.3, 0.4) is 0 Å². The molecule has 3 aromatic rings. The third-order valence-electron chi connectivity index (χ3n) is 4.14. The van der Waals surface area contributed by atoms with Gasteiger partial charge in [-0.05, 0) is 47.2 Å². The Bertz CT molecular complexity index is 793. The summed E-state index contributed by atoms with van der Waals surface area (Å²) in [5.74, 6) is 0. The largest absolute Gasteiger partial charge is 0.0905 e. The van der Waals surface area contributed by atoms with Crippen LogP contribution in [0.15, 0.2) is 79.4 Å². The lowest BCUT2D eigenvalue weighted by atomic mass is 9.90. The van der Waals surface area contributed by atoms with Crippen molar-refractivity contribution in [3.05, 3.63) is 102 Å². The molecule has 0 aromatic heterocycles. The van der Waals surface area contributed by atoms with Crippen molar-refractivity contribution < 1.29 is 0 Å². The van der Waals surface area contributed by atoms with E-state index in [1.54, 1.807) is 0 Å². The molecule has 0 radical (unpaired) electrons. The second-order valence-corrected chi connectivity index (χ2v) is 5.69. The number of rotatable bonds is 3. The minimum Gasteiger partial charge on any atom is -0.0905 e. The summed E-state index contributed by atoms with van der Waals surface area (Å²) in [5.41, 5.74) is 8.54. The van der Waals surface area contributed by atoms with Crippen molar-refractivity contribution in [1.29, 1.82) is 0 Å². The van der Waals surface area contributed by atoms with Crippen molar-refractivity contribution >= 4 is 5.57 Å². The van der Waals surface area contributed by atoms with E-state index in [0.717, 1.165) is 5.57 Å². The van der Waals surface area contributed by atoms with Crippen LogP contribution in [-0.2, 0) is 0 Å². The van der Waals surface area contributed by atoms with Gasteiger partial charge in [0.25, 0.3) is 0 Å². The molecular formula is C22H20. The molecule has 0 heterocycles. The van der Waals surface area contributed by atoms with Gasteiger partial charge in [-0.1, -0.05) is 84.9 Å². The highest BCUT2D eigenvalue weighted by Gasteiger charge is 2.09. The first-order valence-electron chi connectivity index (χ1n) is 7.58. The lowest BCUT2D eigenvalue weighted by Crippen LogP contribution is -1.93. The van der Waals surface area contributed by atoms with Crippen molar-refractivity contribution in [3.63, 3.8) is 0 Å². The molecule has 0 bridgehead atoms. The van der Waals surface area contributed by atoms with Crippen LogP contribution in [0.4, 0.5) is 0 Å². The number of hydrogen-bond donors (Lipinski definition) is 0. The molecule has 3 rings (SSSR count). The van der Waals surface area contributed by atoms with Gasteiger partial charge in [-0.15, -0.1) is 0 Å². The molecule has 0 N–H and O–H groups in total. The Morgan fingerprint density at radius 1 is 0.727 bits per heavy atom. The molecule has 0 aliphatic heterocycles. The topological polar surface area (TPSA) is 0 Å². The average molecular weight is 284 g/mol. The van der Waals surface area contributed by atoms with Gasteiger partial charge >= 0.3 is 0 Å². The van der Waals surface area contributed by atoms with Gasteiger partial charge in [-0.3, -0.25) is 0 Å². The lowest BCUT2D eigenvalue weighted by Gasteiger charge is -2.14. The highest BCUT2D eigenvalue weighted by molar-refractivity contribution is 5.83. The molecule has 0 aliphatic carbocycles. The van der Waals surface area contributed by atoms with E-state index in [4.69, 9.17) is 0 Å². The monoisotopic (exact) mass is 284 g/mol. The fraction of sp³-hybridized carbons (Fsp3) is 0.0909. The summed E-state index contributed by atoms with van der Waals surface area (Å²) >= 11 is 0. The first-order valence-corrected chi connectivity index (χ1v) is 7.58. The quantitative estimate of drug-likeness (QED) is 0.550. The molecule has 0 atom stereocenters. The van der Waals surface area contributed by atoms with E-state index in [2.05, 4.69) is 87.2 Å².